The van der Waals surface area contributed by atoms with Crippen LogP contribution in [-0.2, 0) is 0 Å². The van der Waals surface area contributed by atoms with Gasteiger partial charge in [-0.15, -0.1) is 0 Å². The Morgan fingerprint density at radius 3 is 2.65 bits per heavy atom. The maximum atomic E-state index is 12.4. The molecule has 5 heteroatoms. The molecule has 1 aromatic rings. The standard InChI is InChI=1S/C15H18BrN3O/c1-11-3-4-12(13(16)9-11)14(20)18-15(10-17)5-7-19(2)8-6-15/h3-4,9H,5-8H2,1-2H3,(H,18,20). The van der Waals surface area contributed by atoms with E-state index in [0.717, 1.165) is 23.1 Å². The lowest BCUT2D eigenvalue weighted by Gasteiger charge is -2.36. The molecule has 106 valence electrons. The van der Waals surface area contributed by atoms with E-state index in [1.165, 1.54) is 0 Å². The topological polar surface area (TPSA) is 56.1 Å². The summed E-state index contributed by atoms with van der Waals surface area (Å²) >= 11 is 3.41. The predicted octanol–water partition coefficient (Wildman–Crippen LogP) is 2.48. The first kappa shape index (κ1) is 15.0. The van der Waals surface area contributed by atoms with E-state index >= 15 is 0 Å². The maximum absolute atomic E-state index is 12.4. The van der Waals surface area contributed by atoms with Crippen molar-refractivity contribution >= 4 is 21.8 Å². The van der Waals surface area contributed by atoms with Gasteiger partial charge in [0.25, 0.3) is 5.91 Å². The summed E-state index contributed by atoms with van der Waals surface area (Å²) in [5.41, 5.74) is 0.917. The number of benzene rings is 1. The summed E-state index contributed by atoms with van der Waals surface area (Å²) < 4.78 is 0.760. The minimum atomic E-state index is -0.742. The first-order chi connectivity index (χ1) is 9.46. The fourth-order valence-electron chi connectivity index (χ4n) is 2.35. The summed E-state index contributed by atoms with van der Waals surface area (Å²) in [5, 5.41) is 12.4. The van der Waals surface area contributed by atoms with E-state index in [0.29, 0.717) is 18.4 Å². The Hall–Kier alpha value is -1.38. The Labute approximate surface area is 127 Å². The SMILES string of the molecule is Cc1ccc(C(=O)NC2(C#N)CCN(C)CC2)c(Br)c1. The van der Waals surface area contributed by atoms with Crippen LogP contribution in [0.15, 0.2) is 22.7 Å². The third-order valence-corrected chi connectivity index (χ3v) is 4.43. The summed E-state index contributed by atoms with van der Waals surface area (Å²) in [6, 6.07) is 7.88. The number of amides is 1. The van der Waals surface area contributed by atoms with Gasteiger partial charge in [-0.25, -0.2) is 0 Å². The third-order valence-electron chi connectivity index (χ3n) is 3.78. The van der Waals surface area contributed by atoms with Crippen molar-refractivity contribution in [3.8, 4) is 6.07 Å². The number of piperidine rings is 1. The number of hydrogen-bond donors (Lipinski definition) is 1. The number of nitrogens with one attached hydrogen (secondary N) is 1. The molecule has 0 radical (unpaired) electrons. The van der Waals surface area contributed by atoms with Crippen molar-refractivity contribution in [3.63, 3.8) is 0 Å². The summed E-state index contributed by atoms with van der Waals surface area (Å²) in [5.74, 6) is -0.192. The molecule has 20 heavy (non-hydrogen) atoms. The molecule has 0 spiro atoms. The zero-order valence-corrected chi connectivity index (χ0v) is 13.3. The lowest BCUT2D eigenvalue weighted by Crippen LogP contribution is -2.53. The molecule has 1 amide bonds. The number of nitriles is 1. The molecule has 1 aromatic carbocycles. The minimum absolute atomic E-state index is 0.192. The van der Waals surface area contributed by atoms with E-state index in [2.05, 4.69) is 32.2 Å². The van der Waals surface area contributed by atoms with E-state index in [1.54, 1.807) is 6.07 Å². The molecule has 1 aliphatic heterocycles. The fraction of sp³-hybridized carbons (Fsp3) is 0.467. The first-order valence-electron chi connectivity index (χ1n) is 6.64. The molecule has 4 nitrogen and oxygen atoms in total. The second kappa shape index (κ2) is 5.94. The van der Waals surface area contributed by atoms with Crippen molar-refractivity contribution in [2.75, 3.05) is 20.1 Å². The molecule has 0 atom stereocenters. The zero-order valence-electron chi connectivity index (χ0n) is 11.7. The van der Waals surface area contributed by atoms with Crippen LogP contribution >= 0.6 is 15.9 Å². The molecule has 1 aliphatic rings. The minimum Gasteiger partial charge on any atom is -0.334 e. The molecule has 0 aliphatic carbocycles. The van der Waals surface area contributed by atoms with Crippen LogP contribution in [0.1, 0.15) is 28.8 Å². The van der Waals surface area contributed by atoms with Crippen LogP contribution in [0.2, 0.25) is 0 Å². The molecule has 0 aromatic heterocycles. The number of likely N-dealkylation sites (tertiary alicyclic amines) is 1. The summed E-state index contributed by atoms with van der Waals surface area (Å²) in [7, 11) is 2.03. The van der Waals surface area contributed by atoms with Crippen LogP contribution in [-0.4, -0.2) is 36.5 Å². The Kier molecular flexibility index (Phi) is 4.46. The van der Waals surface area contributed by atoms with E-state index < -0.39 is 5.54 Å². The van der Waals surface area contributed by atoms with E-state index in [1.807, 2.05) is 26.1 Å². The van der Waals surface area contributed by atoms with Gasteiger partial charge in [-0.05, 0) is 60.4 Å². The summed E-state index contributed by atoms with van der Waals surface area (Å²) in [6.07, 6.45) is 1.32. The van der Waals surface area contributed by atoms with Gasteiger partial charge in [-0.1, -0.05) is 6.07 Å². The second-order valence-electron chi connectivity index (χ2n) is 5.43. The molecular weight excluding hydrogens is 318 g/mol. The van der Waals surface area contributed by atoms with Gasteiger partial charge in [-0.3, -0.25) is 4.79 Å². The Morgan fingerprint density at radius 1 is 1.45 bits per heavy atom. The second-order valence-corrected chi connectivity index (χ2v) is 6.29. The van der Waals surface area contributed by atoms with Gasteiger partial charge in [0.15, 0.2) is 0 Å². The normalized spacial score (nSPS) is 18.3. The Bertz CT molecular complexity index is 557. The molecule has 0 saturated carbocycles. The van der Waals surface area contributed by atoms with E-state index in [9.17, 15) is 10.1 Å². The van der Waals surface area contributed by atoms with Gasteiger partial charge in [0.05, 0.1) is 11.6 Å². The highest BCUT2D eigenvalue weighted by atomic mass is 79.9. The van der Waals surface area contributed by atoms with Crippen LogP contribution in [0, 0.1) is 18.3 Å². The smallest absolute Gasteiger partial charge is 0.253 e. The molecular formula is C15H18BrN3O. The van der Waals surface area contributed by atoms with Gasteiger partial charge in [0.2, 0.25) is 0 Å². The van der Waals surface area contributed by atoms with Gasteiger partial charge < -0.3 is 10.2 Å². The quantitative estimate of drug-likeness (QED) is 0.903. The number of carbonyl (C=O) groups excluding carboxylic acids is 1. The van der Waals surface area contributed by atoms with Crippen LogP contribution in [0.4, 0.5) is 0 Å². The van der Waals surface area contributed by atoms with Gasteiger partial charge >= 0.3 is 0 Å². The van der Waals surface area contributed by atoms with Crippen LogP contribution < -0.4 is 5.32 Å². The van der Waals surface area contributed by atoms with Crippen LogP contribution in [0.25, 0.3) is 0 Å². The summed E-state index contributed by atoms with van der Waals surface area (Å²) in [6.45, 7) is 3.62. The highest BCUT2D eigenvalue weighted by Crippen LogP contribution is 2.23. The van der Waals surface area contributed by atoms with Crippen LogP contribution in [0.5, 0.6) is 0 Å². The molecule has 1 N–H and O–H groups in total. The molecule has 2 rings (SSSR count). The molecule has 0 unspecified atom stereocenters. The van der Waals surface area contributed by atoms with Crippen molar-refractivity contribution in [3.05, 3.63) is 33.8 Å². The van der Waals surface area contributed by atoms with Gasteiger partial charge in [0, 0.05) is 17.6 Å². The third kappa shape index (κ3) is 3.20. The molecule has 1 heterocycles. The van der Waals surface area contributed by atoms with Crippen LogP contribution in [0.3, 0.4) is 0 Å². The number of carbonyl (C=O) groups is 1. The maximum Gasteiger partial charge on any atom is 0.253 e. The van der Waals surface area contributed by atoms with Crippen molar-refractivity contribution in [1.82, 2.24) is 10.2 Å². The van der Waals surface area contributed by atoms with E-state index in [4.69, 9.17) is 0 Å². The van der Waals surface area contributed by atoms with Gasteiger partial charge in [0.1, 0.15) is 5.54 Å². The fourth-order valence-corrected chi connectivity index (χ4v) is 3.03. The van der Waals surface area contributed by atoms with Crippen molar-refractivity contribution < 1.29 is 4.79 Å². The number of hydrogen-bond acceptors (Lipinski definition) is 3. The van der Waals surface area contributed by atoms with E-state index in [-0.39, 0.29) is 5.91 Å². The highest BCUT2D eigenvalue weighted by molar-refractivity contribution is 9.10. The first-order valence-corrected chi connectivity index (χ1v) is 7.43. The average Bonchev–Trinajstić information content (AvgIpc) is 2.41. The van der Waals surface area contributed by atoms with Crippen molar-refractivity contribution in [2.45, 2.75) is 25.3 Å². The predicted molar refractivity (Wildman–Crippen MR) is 81.4 cm³/mol. The number of rotatable bonds is 2. The lowest BCUT2D eigenvalue weighted by atomic mass is 9.89. The summed E-state index contributed by atoms with van der Waals surface area (Å²) in [4.78, 5) is 14.6. The highest BCUT2D eigenvalue weighted by Gasteiger charge is 2.35. The molecule has 1 fully saturated rings. The molecule has 0 bridgehead atoms. The van der Waals surface area contributed by atoms with Gasteiger partial charge in [-0.2, -0.15) is 5.26 Å². The largest absolute Gasteiger partial charge is 0.334 e. The number of halogens is 1. The lowest BCUT2D eigenvalue weighted by molar-refractivity contribution is 0.0881. The Balaban J connectivity index is 2.16. The monoisotopic (exact) mass is 335 g/mol. The van der Waals surface area contributed by atoms with Crippen molar-refractivity contribution in [2.24, 2.45) is 0 Å². The van der Waals surface area contributed by atoms with Crippen molar-refractivity contribution in [1.29, 1.82) is 5.26 Å². The molecule has 1 saturated heterocycles. The number of aryl methyl sites for hydroxylation is 1. The Morgan fingerprint density at radius 2 is 2.10 bits per heavy atom. The number of nitrogens with zero attached hydrogens (tertiary/aromatic N) is 2. The zero-order chi connectivity index (χ0) is 14.8. The average molecular weight is 336 g/mol.